The number of ether oxygens (including phenoxy) is 1. The third-order valence-corrected chi connectivity index (χ3v) is 5.72. The highest BCUT2D eigenvalue weighted by Crippen LogP contribution is 2.26. The van der Waals surface area contributed by atoms with Crippen molar-refractivity contribution < 1.29 is 14.3 Å². The summed E-state index contributed by atoms with van der Waals surface area (Å²) in [7, 11) is 0. The molecule has 3 rings (SSSR count). The van der Waals surface area contributed by atoms with E-state index in [0.717, 1.165) is 19.3 Å². The first-order chi connectivity index (χ1) is 14.4. The van der Waals surface area contributed by atoms with Gasteiger partial charge in [-0.3, -0.25) is 4.79 Å². The fourth-order valence-electron chi connectivity index (χ4n) is 3.87. The molecule has 0 spiro atoms. The van der Waals surface area contributed by atoms with E-state index in [1.807, 2.05) is 18.2 Å². The molecule has 0 aliphatic carbocycles. The summed E-state index contributed by atoms with van der Waals surface area (Å²) in [5.74, 6) is 1.26. The molecule has 2 aromatic rings. The molecular weight excluding hydrogens is 400 g/mol. The van der Waals surface area contributed by atoms with Gasteiger partial charge in [0.05, 0.1) is 0 Å². The van der Waals surface area contributed by atoms with Crippen LogP contribution in [0, 0.1) is 11.8 Å². The second-order valence-corrected chi connectivity index (χ2v) is 8.66. The molecule has 5 nitrogen and oxygen atoms in total. The molecule has 0 bridgehead atoms. The first kappa shape index (κ1) is 22.2. The number of para-hydroxylation sites is 1. The van der Waals surface area contributed by atoms with Crippen molar-refractivity contribution in [1.82, 2.24) is 10.2 Å². The molecule has 1 fully saturated rings. The lowest BCUT2D eigenvalue weighted by Crippen LogP contribution is -2.47. The van der Waals surface area contributed by atoms with Crippen molar-refractivity contribution in [3.63, 3.8) is 0 Å². The van der Waals surface area contributed by atoms with Gasteiger partial charge in [-0.05, 0) is 67.5 Å². The predicted molar refractivity (Wildman–Crippen MR) is 119 cm³/mol. The third kappa shape index (κ3) is 6.23. The van der Waals surface area contributed by atoms with Crippen molar-refractivity contribution in [2.75, 3.05) is 13.1 Å². The van der Waals surface area contributed by atoms with Crippen molar-refractivity contribution in [3.05, 3.63) is 65.2 Å². The number of nitrogens with one attached hydrogen (secondary N) is 1. The summed E-state index contributed by atoms with van der Waals surface area (Å²) < 4.78 is 5.45. The second kappa shape index (κ2) is 10.5. The lowest BCUT2D eigenvalue weighted by Gasteiger charge is -2.36. The minimum atomic E-state index is -0.315. The van der Waals surface area contributed by atoms with Crippen LogP contribution in [-0.4, -0.2) is 36.0 Å². The molecule has 1 atom stereocenters. The highest BCUT2D eigenvalue weighted by Gasteiger charge is 2.30. The minimum Gasteiger partial charge on any atom is -0.410 e. The third-order valence-electron chi connectivity index (χ3n) is 5.46. The van der Waals surface area contributed by atoms with Gasteiger partial charge in [0.15, 0.2) is 0 Å². The molecular formula is C24H29ClN2O3. The van der Waals surface area contributed by atoms with E-state index in [1.165, 1.54) is 0 Å². The van der Waals surface area contributed by atoms with Gasteiger partial charge in [-0.1, -0.05) is 43.6 Å². The first-order valence-electron chi connectivity index (χ1n) is 10.5. The summed E-state index contributed by atoms with van der Waals surface area (Å²) >= 11 is 5.93. The Morgan fingerprint density at radius 3 is 2.30 bits per heavy atom. The molecule has 160 valence electrons. The number of carbonyl (C=O) groups excluding carboxylic acids is 2. The SMILES string of the molecule is CC(C)C[C@@H](NC(=O)c1ccc(Cl)cc1)C1CCN(C(=O)Oc2ccccc2)CC1. The van der Waals surface area contributed by atoms with Gasteiger partial charge in [0.25, 0.3) is 5.91 Å². The van der Waals surface area contributed by atoms with Crippen LogP contribution in [0.2, 0.25) is 5.02 Å². The molecule has 1 aliphatic rings. The largest absolute Gasteiger partial charge is 0.415 e. The molecule has 2 amide bonds. The summed E-state index contributed by atoms with van der Waals surface area (Å²) in [6.07, 6.45) is 2.26. The minimum absolute atomic E-state index is 0.0699. The van der Waals surface area contributed by atoms with Crippen LogP contribution in [0.1, 0.15) is 43.5 Å². The number of carbonyl (C=O) groups is 2. The van der Waals surface area contributed by atoms with Crippen molar-refractivity contribution in [1.29, 1.82) is 0 Å². The smallest absolute Gasteiger partial charge is 0.410 e. The molecule has 30 heavy (non-hydrogen) atoms. The summed E-state index contributed by atoms with van der Waals surface area (Å²) in [6.45, 7) is 5.57. The number of benzene rings is 2. The van der Waals surface area contributed by atoms with Gasteiger partial charge in [0.1, 0.15) is 5.75 Å². The number of hydrogen-bond acceptors (Lipinski definition) is 3. The summed E-state index contributed by atoms with van der Waals surface area (Å²) in [5.41, 5.74) is 0.608. The zero-order chi connectivity index (χ0) is 21.5. The van der Waals surface area contributed by atoms with E-state index in [2.05, 4.69) is 19.2 Å². The van der Waals surface area contributed by atoms with Gasteiger partial charge < -0.3 is 15.0 Å². The normalized spacial score (nSPS) is 15.7. The highest BCUT2D eigenvalue weighted by molar-refractivity contribution is 6.30. The number of nitrogens with zero attached hydrogens (tertiary/aromatic N) is 1. The van der Waals surface area contributed by atoms with E-state index < -0.39 is 0 Å². The maximum absolute atomic E-state index is 12.7. The van der Waals surface area contributed by atoms with Crippen LogP contribution in [0.3, 0.4) is 0 Å². The highest BCUT2D eigenvalue weighted by atomic mass is 35.5. The Hall–Kier alpha value is -2.53. The molecule has 0 unspecified atom stereocenters. The standard InChI is InChI=1S/C24H29ClN2O3/c1-17(2)16-22(26-23(28)19-8-10-20(25)11-9-19)18-12-14-27(15-13-18)24(29)30-21-6-4-3-5-7-21/h3-11,17-18,22H,12-16H2,1-2H3,(H,26,28)/t22-/m1/s1. The van der Waals surface area contributed by atoms with Gasteiger partial charge in [-0.2, -0.15) is 0 Å². The van der Waals surface area contributed by atoms with Crippen LogP contribution in [0.5, 0.6) is 5.75 Å². The lowest BCUT2D eigenvalue weighted by atomic mass is 9.85. The molecule has 0 saturated carbocycles. The second-order valence-electron chi connectivity index (χ2n) is 8.22. The van der Waals surface area contributed by atoms with Crippen LogP contribution >= 0.6 is 11.6 Å². The van der Waals surface area contributed by atoms with Gasteiger partial charge in [-0.15, -0.1) is 0 Å². The van der Waals surface area contributed by atoms with E-state index in [9.17, 15) is 9.59 Å². The Balaban J connectivity index is 1.57. The zero-order valence-corrected chi connectivity index (χ0v) is 18.3. The van der Waals surface area contributed by atoms with Gasteiger partial charge in [0.2, 0.25) is 0 Å². The Morgan fingerprint density at radius 2 is 1.70 bits per heavy atom. The Kier molecular flexibility index (Phi) is 7.75. The average Bonchev–Trinajstić information content (AvgIpc) is 2.74. The van der Waals surface area contributed by atoms with Crippen LogP contribution in [0.25, 0.3) is 0 Å². The molecule has 2 aromatic carbocycles. The van der Waals surface area contributed by atoms with Crippen molar-refractivity contribution in [3.8, 4) is 5.75 Å². The maximum Gasteiger partial charge on any atom is 0.415 e. The Bertz CT molecular complexity index is 831. The van der Waals surface area contributed by atoms with Crippen LogP contribution in [0.4, 0.5) is 4.79 Å². The summed E-state index contributed by atoms with van der Waals surface area (Å²) in [4.78, 5) is 26.9. The van der Waals surface area contributed by atoms with E-state index in [-0.39, 0.29) is 18.0 Å². The number of hydrogen-bond donors (Lipinski definition) is 1. The number of halogens is 1. The number of amides is 2. The summed E-state index contributed by atoms with van der Waals surface area (Å²) in [5, 5.41) is 3.83. The fourth-order valence-corrected chi connectivity index (χ4v) is 3.99. The molecule has 1 aliphatic heterocycles. The van der Waals surface area contributed by atoms with Gasteiger partial charge >= 0.3 is 6.09 Å². The average molecular weight is 429 g/mol. The topological polar surface area (TPSA) is 58.6 Å². The van der Waals surface area contributed by atoms with E-state index >= 15 is 0 Å². The number of likely N-dealkylation sites (tertiary alicyclic amines) is 1. The zero-order valence-electron chi connectivity index (χ0n) is 17.5. The Labute approximate surface area is 183 Å². The van der Waals surface area contributed by atoms with Crippen molar-refractivity contribution >= 4 is 23.6 Å². The number of piperidine rings is 1. The molecule has 6 heteroatoms. The Morgan fingerprint density at radius 1 is 1.07 bits per heavy atom. The van der Waals surface area contributed by atoms with Crippen LogP contribution < -0.4 is 10.1 Å². The quantitative estimate of drug-likeness (QED) is 0.670. The maximum atomic E-state index is 12.7. The van der Waals surface area contributed by atoms with Crippen LogP contribution in [-0.2, 0) is 0 Å². The predicted octanol–water partition coefficient (Wildman–Crippen LogP) is 5.40. The molecule has 0 aromatic heterocycles. The van der Waals surface area contributed by atoms with Crippen molar-refractivity contribution in [2.24, 2.45) is 11.8 Å². The summed E-state index contributed by atoms with van der Waals surface area (Å²) in [6, 6.07) is 16.1. The van der Waals surface area contributed by atoms with Crippen molar-refractivity contribution in [2.45, 2.75) is 39.2 Å². The van der Waals surface area contributed by atoms with Gasteiger partial charge in [-0.25, -0.2) is 4.79 Å². The molecule has 1 heterocycles. The molecule has 1 N–H and O–H groups in total. The van der Waals surface area contributed by atoms with Gasteiger partial charge in [0, 0.05) is 29.7 Å². The van der Waals surface area contributed by atoms with E-state index in [0.29, 0.717) is 41.3 Å². The van der Waals surface area contributed by atoms with Crippen LogP contribution in [0.15, 0.2) is 54.6 Å². The van der Waals surface area contributed by atoms with E-state index in [1.54, 1.807) is 41.3 Å². The first-order valence-corrected chi connectivity index (χ1v) is 10.9. The molecule has 1 saturated heterocycles. The monoisotopic (exact) mass is 428 g/mol. The van der Waals surface area contributed by atoms with E-state index in [4.69, 9.17) is 16.3 Å². The molecule has 0 radical (unpaired) electrons. The lowest BCUT2D eigenvalue weighted by molar-refractivity contribution is 0.0871. The fraction of sp³-hybridized carbons (Fsp3) is 0.417. The number of rotatable bonds is 6.